The summed E-state index contributed by atoms with van der Waals surface area (Å²) < 4.78 is 0. The van der Waals surface area contributed by atoms with Gasteiger partial charge in [-0.05, 0) is 138 Å². The first-order chi connectivity index (χ1) is 69.6. The van der Waals surface area contributed by atoms with Crippen molar-refractivity contribution >= 4 is 181 Å². The van der Waals surface area contributed by atoms with Crippen LogP contribution >= 0.6 is 35.3 Å². The summed E-state index contributed by atoms with van der Waals surface area (Å²) in [5, 5.41) is 71.3. The molecule has 16 amide bonds. The summed E-state index contributed by atoms with van der Waals surface area (Å²) in [5.74, 6) is -19.9. The van der Waals surface area contributed by atoms with Gasteiger partial charge in [0, 0.05) is 191 Å². The topological polar surface area (TPSA) is 633 Å². The Bertz CT molecular complexity index is 5960. The minimum atomic E-state index is -1.99. The molecule has 4 aliphatic heterocycles. The van der Waals surface area contributed by atoms with Crippen molar-refractivity contribution in [2.75, 3.05) is 84.7 Å². The van der Waals surface area contributed by atoms with E-state index < -0.39 is 217 Å². The second-order valence-electron chi connectivity index (χ2n) is 37.5. The van der Waals surface area contributed by atoms with Gasteiger partial charge in [-0.2, -0.15) is 35.3 Å². The Morgan fingerprint density at radius 3 is 1.35 bits per heavy atom. The molecule has 23 N–H and O–H groups in total. The predicted molar refractivity (Wildman–Crippen MR) is 551 cm³/mol. The molecule has 4 aliphatic rings. The number of nitrogens with zero attached hydrogens (tertiary/aromatic N) is 4. The Hall–Kier alpha value is -14.0. The fraction of sp³-hybridized carbons (Fsp3) is 0.480. The molecule has 0 unspecified atom stereocenters. The van der Waals surface area contributed by atoms with Gasteiger partial charge in [0.15, 0.2) is 0 Å². The quantitative estimate of drug-likeness (QED) is 0.0577. The molecule has 0 spiro atoms. The van der Waals surface area contributed by atoms with E-state index in [4.69, 9.17) is 11.5 Å². The number of aromatic amines is 2. The fourth-order valence-electron chi connectivity index (χ4n) is 17.7. The molecule has 46 heteroatoms. The van der Waals surface area contributed by atoms with E-state index >= 15 is 38.4 Å². The van der Waals surface area contributed by atoms with E-state index in [1.165, 1.54) is 25.7 Å². The summed E-state index contributed by atoms with van der Waals surface area (Å²) in [6.07, 6.45) is -2.00. The van der Waals surface area contributed by atoms with Gasteiger partial charge in [0.1, 0.15) is 66.5 Å². The lowest BCUT2D eigenvalue weighted by Gasteiger charge is -2.32. The highest BCUT2D eigenvalue weighted by Crippen LogP contribution is 2.31. The summed E-state index contributed by atoms with van der Waals surface area (Å²) in [6.45, 7) is 7.58. The van der Waals surface area contributed by atoms with Crippen LogP contribution in [0.25, 0.3) is 21.8 Å². The molecular weight excluding hydrogens is 1940 g/mol. The largest absolute Gasteiger partial charge is 0.481 e. The molecule has 1 fully saturated rings. The third-order valence-corrected chi connectivity index (χ3v) is 28.7. The van der Waals surface area contributed by atoms with Gasteiger partial charge in [-0.25, -0.2) is 0 Å². The minimum Gasteiger partial charge on any atom is -0.481 e. The molecule has 1 saturated heterocycles. The third kappa shape index (κ3) is 31.8. The smallest absolute Gasteiger partial charge is 0.305 e. The number of para-hydroxylation sites is 2. The second kappa shape index (κ2) is 53.2. The van der Waals surface area contributed by atoms with Gasteiger partial charge in [-0.3, -0.25) is 86.3 Å². The Morgan fingerprint density at radius 1 is 0.466 bits per heavy atom. The number of anilines is 3. The molecule has 0 radical (unpaired) electrons. The first-order valence-electron chi connectivity index (χ1n) is 48.5. The highest BCUT2D eigenvalue weighted by molar-refractivity contribution is 7.99. The van der Waals surface area contributed by atoms with Crippen molar-refractivity contribution < 1.29 is 102 Å². The van der Waals surface area contributed by atoms with Crippen LogP contribution in [0.5, 0.6) is 0 Å². The van der Waals surface area contributed by atoms with Crippen molar-refractivity contribution in [3.63, 3.8) is 0 Å². The van der Waals surface area contributed by atoms with Gasteiger partial charge in [0.05, 0.1) is 25.1 Å². The number of benzene rings is 5. The lowest BCUT2D eigenvalue weighted by Crippen LogP contribution is -2.62. The zero-order valence-electron chi connectivity index (χ0n) is 83.0. The average molecular weight is 2070 g/mol. The van der Waals surface area contributed by atoms with Gasteiger partial charge in [0.2, 0.25) is 94.5 Å². The summed E-state index contributed by atoms with van der Waals surface area (Å²) in [7, 11) is 5.13. The van der Waals surface area contributed by atoms with Crippen molar-refractivity contribution in [3.05, 3.63) is 160 Å². The van der Waals surface area contributed by atoms with Crippen LogP contribution in [-0.2, 0) is 138 Å². The zero-order valence-corrected chi connectivity index (χ0v) is 85.4. The number of carboxylic acid groups (broad SMARTS) is 2. The van der Waals surface area contributed by atoms with E-state index in [-0.39, 0.29) is 125 Å². The van der Waals surface area contributed by atoms with E-state index in [2.05, 4.69) is 84.4 Å². The van der Waals surface area contributed by atoms with E-state index in [9.17, 15) is 63.3 Å². The van der Waals surface area contributed by atoms with E-state index in [1.807, 2.05) is 54.6 Å². The van der Waals surface area contributed by atoms with Crippen LogP contribution in [0.2, 0.25) is 0 Å². The summed E-state index contributed by atoms with van der Waals surface area (Å²) in [5.41, 5.74) is 19.7. The summed E-state index contributed by atoms with van der Waals surface area (Å²) >= 11 is 3.18. The van der Waals surface area contributed by atoms with Crippen LogP contribution in [0.3, 0.4) is 0 Å². The molecule has 11 rings (SSSR count). The number of rotatable bonds is 18. The number of nitrogens with two attached hydrogens (primary N) is 2. The van der Waals surface area contributed by atoms with Crippen LogP contribution < -0.4 is 85.9 Å². The first kappa shape index (κ1) is 112. The number of hydrogen-bond donors (Lipinski definition) is 21. The number of amides is 16. The standard InChI is InChI=1S/C100H132N22O21S3/c1-53(2)86-98(141)112-75(40-85(130)131)91(134)108-43-80(124)109-73(38-63-41-106-70-17-12-10-15-68(63)70)93(136)117-87(54(3)4)100(143)122-25-14-19-79(122)97(140)113-76(89(102)132)50-144-26-22-81(125)119-44-57-29-59(34-65(32-57)103-7)46-120-47-61-31-62(37-67(36-61)105-9)49-121(48-60-30-58(45-119)33-66(35-60)104-8)83(127)24-28-146-52-78(114-90(133)55(5)101)96(139)118-88(56(6)123)99(142)110-72(20-21-84(128)129)92(135)115-77(51-145-27-23-82(120)126)95(138)111-74(94(137)116-86)39-64-42-107-71-18-13-11-16-69(64)71/h10-13,15-18,29-37,41-42,53-56,72-79,86-88,103-107,123H,14,19-28,38-40,43-52,101H2,1-9H3,(H2,102,132)(H,108,134)(H,109,124)(H,110,142)(H,111,138)(H,112,141)(H,113,140)(H,114,133)(H,115,135)(H,116,137)(H,117,136)(H,118,139)(H,128,129)(H,130,131)/t55-,56+,72-,73-,74-,75-,76-,77-,78-,79-,86-,87-,88-/m0/s1. The lowest BCUT2D eigenvalue weighted by atomic mass is 9.99. The molecule has 146 heavy (non-hydrogen) atoms. The maximum absolute atomic E-state index is 15.8. The number of H-pyrrole nitrogens is 2. The van der Waals surface area contributed by atoms with Crippen LogP contribution in [0, 0.1) is 11.8 Å². The number of thioether (sulfide) groups is 3. The van der Waals surface area contributed by atoms with Crippen molar-refractivity contribution in [2.45, 2.75) is 224 Å². The van der Waals surface area contributed by atoms with Crippen molar-refractivity contribution in [1.29, 1.82) is 0 Å². The summed E-state index contributed by atoms with van der Waals surface area (Å²) in [4.78, 5) is 276. The molecule has 7 aromatic rings. The molecule has 13 atom stereocenters. The normalized spacial score (nSPS) is 23.0. The van der Waals surface area contributed by atoms with Crippen molar-refractivity contribution in [3.8, 4) is 0 Å². The third-order valence-electron chi connectivity index (χ3n) is 25.5. The molecule has 0 saturated carbocycles. The number of aliphatic carboxylic acids is 2. The van der Waals surface area contributed by atoms with Gasteiger partial charge in [-0.1, -0.05) is 82.3 Å². The van der Waals surface area contributed by atoms with Crippen LogP contribution in [-0.4, -0.2) is 299 Å². The Kier molecular flexibility index (Phi) is 40.9. The minimum absolute atomic E-state index is 0.00728. The number of carbonyl (C=O) groups is 18. The van der Waals surface area contributed by atoms with Gasteiger partial charge < -0.3 is 131 Å². The molecule has 5 aromatic carbocycles. The SMILES string of the molecule is CNc1cc2cc(c1)CN1Cc3cc(cc(NC)c3)CN3Cc4cc(cc(NC)c4)CN(C2)C(=O)CCSC[C@@H](C(N)=O)NC(=O)[C@@H]2CCCN2C(=O)[C@H](C(C)C)NC(=O)[C@H](Cc2c[nH]c4ccccc24)NC(=O)CNC(=O)[C@H](CC(=O)O)NC(=O)[C@H](C(C)C)NC(=O)[C@H](Cc2c[nH]c4ccccc24)NC(=O)[C@H](CSCCC3=O)NC(=O)[C@H](CCC(=O)O)NC(=O)[C@H]([C@@H](C)O)NC(=O)[C@@H](NC(=O)[C@H](C)N)CSCCC1=O. The lowest BCUT2D eigenvalue weighted by molar-refractivity contribution is -0.143. The van der Waals surface area contributed by atoms with Crippen LogP contribution in [0.1, 0.15) is 137 Å². The molecular formula is C100H132N22O21S3. The maximum Gasteiger partial charge on any atom is 0.305 e. The highest BCUT2D eigenvalue weighted by atomic mass is 32.2. The van der Waals surface area contributed by atoms with Gasteiger partial charge in [0.25, 0.3) is 0 Å². The van der Waals surface area contributed by atoms with Crippen molar-refractivity contribution in [2.24, 2.45) is 23.3 Å². The number of aromatic nitrogens is 2. The summed E-state index contributed by atoms with van der Waals surface area (Å²) in [6, 6.07) is 11.4. The molecule has 6 heterocycles. The molecule has 786 valence electrons. The molecule has 43 nitrogen and oxygen atoms in total. The monoisotopic (exact) mass is 2070 g/mol. The first-order valence-corrected chi connectivity index (χ1v) is 52.0. The Labute approximate surface area is 857 Å². The van der Waals surface area contributed by atoms with E-state index in [0.717, 1.165) is 42.2 Å². The highest BCUT2D eigenvalue weighted by Gasteiger charge is 2.43. The number of fused-ring (bicyclic) bond motifs is 12. The number of aliphatic hydroxyl groups excluding tert-OH is 1. The number of hydrogen-bond acceptors (Lipinski definition) is 26. The zero-order chi connectivity index (χ0) is 106. The van der Waals surface area contributed by atoms with E-state index in [0.29, 0.717) is 89.8 Å². The number of primary amides is 1. The number of carbonyl (C=O) groups excluding carboxylic acids is 16. The Morgan fingerprint density at radius 2 is 0.897 bits per heavy atom. The van der Waals surface area contributed by atoms with E-state index in [1.54, 1.807) is 111 Å². The average Bonchev–Trinajstić information content (AvgIpc) is 1.77. The predicted octanol–water partition coefficient (Wildman–Crippen LogP) is 1.38. The van der Waals surface area contributed by atoms with Crippen LogP contribution in [0.4, 0.5) is 17.1 Å². The second-order valence-corrected chi connectivity index (χ2v) is 41.0. The molecule has 10 bridgehead atoms. The van der Waals surface area contributed by atoms with Gasteiger partial charge >= 0.3 is 11.9 Å². The maximum atomic E-state index is 15.8. The fourth-order valence-corrected chi connectivity index (χ4v) is 20.5. The number of aliphatic hydroxyl groups is 1. The number of nitrogens with one attached hydrogen (secondary N) is 16. The van der Waals surface area contributed by atoms with Gasteiger partial charge in [-0.15, -0.1) is 0 Å². The number of carboxylic acids is 2. The molecule has 0 aliphatic carbocycles. The molecule has 2 aromatic heterocycles. The van der Waals surface area contributed by atoms with Crippen LogP contribution in [0.15, 0.2) is 116 Å². The van der Waals surface area contributed by atoms with Crippen molar-refractivity contribution in [1.82, 2.24) is 88.1 Å². The Balaban J connectivity index is 1.03.